The van der Waals surface area contributed by atoms with Crippen molar-refractivity contribution in [3.63, 3.8) is 0 Å². The Morgan fingerprint density at radius 3 is 2.57 bits per heavy atom. The lowest BCUT2D eigenvalue weighted by atomic mass is 9.80. The van der Waals surface area contributed by atoms with Crippen LogP contribution in [0.2, 0.25) is 0 Å². The highest BCUT2D eigenvalue weighted by atomic mass is 16.5. The third-order valence-corrected chi connectivity index (χ3v) is 4.47. The van der Waals surface area contributed by atoms with Crippen molar-refractivity contribution >= 4 is 11.6 Å². The third-order valence-electron chi connectivity index (χ3n) is 4.47. The SMILES string of the molecule is CC1CCC(OCC(=O)Nc2ccc(CN)cc2)CC1C. The largest absolute Gasteiger partial charge is 0.368 e. The van der Waals surface area contributed by atoms with Gasteiger partial charge in [-0.2, -0.15) is 0 Å². The predicted octanol–water partition coefficient (Wildman–Crippen LogP) is 2.93. The number of ether oxygens (including phenoxy) is 1. The molecule has 1 amide bonds. The second-order valence-electron chi connectivity index (χ2n) is 6.15. The van der Waals surface area contributed by atoms with Gasteiger partial charge >= 0.3 is 0 Å². The fourth-order valence-electron chi connectivity index (χ4n) is 2.76. The molecule has 2 rings (SSSR count). The molecule has 116 valence electrons. The Hall–Kier alpha value is -1.39. The fourth-order valence-corrected chi connectivity index (χ4v) is 2.76. The van der Waals surface area contributed by atoms with E-state index in [1.165, 1.54) is 6.42 Å². The Balaban J connectivity index is 1.74. The standard InChI is InChI=1S/C17H26N2O2/c1-12-3-8-16(9-13(12)2)21-11-17(20)19-15-6-4-14(10-18)5-7-15/h4-7,12-13,16H,3,8-11,18H2,1-2H3,(H,19,20). The Bertz CT molecular complexity index is 458. The van der Waals surface area contributed by atoms with Gasteiger partial charge in [-0.25, -0.2) is 0 Å². The van der Waals surface area contributed by atoms with E-state index in [9.17, 15) is 4.79 Å². The van der Waals surface area contributed by atoms with Gasteiger partial charge in [0.05, 0.1) is 6.10 Å². The van der Waals surface area contributed by atoms with Gasteiger partial charge in [-0.05, 0) is 48.8 Å². The summed E-state index contributed by atoms with van der Waals surface area (Å²) in [7, 11) is 0. The zero-order valence-corrected chi connectivity index (χ0v) is 13.0. The Morgan fingerprint density at radius 2 is 1.95 bits per heavy atom. The van der Waals surface area contributed by atoms with Gasteiger partial charge in [0.1, 0.15) is 6.61 Å². The summed E-state index contributed by atoms with van der Waals surface area (Å²) in [6, 6.07) is 7.57. The van der Waals surface area contributed by atoms with E-state index in [0.29, 0.717) is 12.5 Å². The van der Waals surface area contributed by atoms with E-state index in [1.807, 2.05) is 24.3 Å². The van der Waals surface area contributed by atoms with Crippen LogP contribution >= 0.6 is 0 Å². The van der Waals surface area contributed by atoms with Crippen LogP contribution in [0.3, 0.4) is 0 Å². The summed E-state index contributed by atoms with van der Waals surface area (Å²) in [5.74, 6) is 1.34. The molecule has 21 heavy (non-hydrogen) atoms. The zero-order chi connectivity index (χ0) is 15.2. The first kappa shape index (κ1) is 16.0. The van der Waals surface area contributed by atoms with Gasteiger partial charge in [-0.1, -0.05) is 26.0 Å². The third kappa shape index (κ3) is 4.83. The van der Waals surface area contributed by atoms with Gasteiger partial charge in [0.15, 0.2) is 0 Å². The van der Waals surface area contributed by atoms with Crippen molar-refractivity contribution < 1.29 is 9.53 Å². The van der Waals surface area contributed by atoms with Gasteiger partial charge in [0, 0.05) is 12.2 Å². The van der Waals surface area contributed by atoms with Crippen LogP contribution in [0.25, 0.3) is 0 Å². The molecule has 1 fully saturated rings. The molecular formula is C17H26N2O2. The van der Waals surface area contributed by atoms with E-state index in [4.69, 9.17) is 10.5 Å². The van der Waals surface area contributed by atoms with Crippen molar-refractivity contribution in [2.24, 2.45) is 17.6 Å². The van der Waals surface area contributed by atoms with Crippen LogP contribution in [-0.2, 0) is 16.1 Å². The highest BCUT2D eigenvalue weighted by molar-refractivity contribution is 5.91. The summed E-state index contributed by atoms with van der Waals surface area (Å²) in [4.78, 5) is 11.9. The smallest absolute Gasteiger partial charge is 0.250 e. The maximum absolute atomic E-state index is 11.9. The van der Waals surface area contributed by atoms with Crippen molar-refractivity contribution in [1.82, 2.24) is 0 Å². The summed E-state index contributed by atoms with van der Waals surface area (Å²) >= 11 is 0. The molecule has 0 aromatic heterocycles. The Labute approximate surface area is 127 Å². The van der Waals surface area contributed by atoms with E-state index in [0.717, 1.165) is 30.0 Å². The second kappa shape index (κ2) is 7.57. The molecule has 1 aromatic carbocycles. The maximum atomic E-state index is 11.9. The first-order valence-corrected chi connectivity index (χ1v) is 7.79. The van der Waals surface area contributed by atoms with Crippen molar-refractivity contribution in [2.75, 3.05) is 11.9 Å². The van der Waals surface area contributed by atoms with Crippen molar-refractivity contribution in [3.05, 3.63) is 29.8 Å². The lowest BCUT2D eigenvalue weighted by molar-refractivity contribution is -0.123. The molecule has 3 atom stereocenters. The summed E-state index contributed by atoms with van der Waals surface area (Å²) < 4.78 is 5.75. The summed E-state index contributed by atoms with van der Waals surface area (Å²) in [6.07, 6.45) is 3.53. The zero-order valence-electron chi connectivity index (χ0n) is 13.0. The first-order valence-electron chi connectivity index (χ1n) is 7.79. The molecule has 1 aliphatic carbocycles. The van der Waals surface area contributed by atoms with Crippen LogP contribution in [-0.4, -0.2) is 18.6 Å². The number of nitrogens with two attached hydrogens (primary N) is 1. The first-order chi connectivity index (χ1) is 10.1. The molecule has 1 aliphatic rings. The number of amides is 1. The minimum Gasteiger partial charge on any atom is -0.368 e. The highest BCUT2D eigenvalue weighted by Crippen LogP contribution is 2.30. The van der Waals surface area contributed by atoms with Gasteiger partial charge in [-0.15, -0.1) is 0 Å². The molecule has 1 aromatic rings. The van der Waals surface area contributed by atoms with E-state index in [-0.39, 0.29) is 18.6 Å². The van der Waals surface area contributed by atoms with Crippen LogP contribution < -0.4 is 11.1 Å². The normalized spacial score (nSPS) is 25.6. The lowest BCUT2D eigenvalue weighted by Crippen LogP contribution is -2.29. The summed E-state index contributed by atoms with van der Waals surface area (Å²) in [5, 5.41) is 2.85. The molecular weight excluding hydrogens is 264 g/mol. The number of hydrogen-bond donors (Lipinski definition) is 2. The average Bonchev–Trinajstić information content (AvgIpc) is 2.49. The molecule has 4 heteroatoms. The molecule has 4 nitrogen and oxygen atoms in total. The molecule has 1 saturated carbocycles. The Kier molecular flexibility index (Phi) is 5.76. The van der Waals surface area contributed by atoms with E-state index >= 15 is 0 Å². The monoisotopic (exact) mass is 290 g/mol. The molecule has 0 saturated heterocycles. The number of hydrogen-bond acceptors (Lipinski definition) is 3. The minimum atomic E-state index is -0.0956. The second-order valence-corrected chi connectivity index (χ2v) is 6.15. The average molecular weight is 290 g/mol. The lowest BCUT2D eigenvalue weighted by Gasteiger charge is -2.31. The molecule has 0 aliphatic heterocycles. The van der Waals surface area contributed by atoms with Crippen LogP contribution in [0.1, 0.15) is 38.7 Å². The molecule has 0 bridgehead atoms. The summed E-state index contributed by atoms with van der Waals surface area (Å²) in [5.41, 5.74) is 7.38. The number of carbonyl (C=O) groups excluding carboxylic acids is 1. The maximum Gasteiger partial charge on any atom is 0.250 e. The van der Waals surface area contributed by atoms with E-state index < -0.39 is 0 Å². The van der Waals surface area contributed by atoms with Crippen LogP contribution in [0.15, 0.2) is 24.3 Å². The molecule has 0 heterocycles. The molecule has 3 unspecified atom stereocenters. The van der Waals surface area contributed by atoms with E-state index in [1.54, 1.807) is 0 Å². The molecule has 0 radical (unpaired) electrons. The molecule has 3 N–H and O–H groups in total. The number of carbonyl (C=O) groups is 1. The highest BCUT2D eigenvalue weighted by Gasteiger charge is 2.25. The summed E-state index contributed by atoms with van der Waals surface area (Å²) in [6.45, 7) is 5.19. The molecule has 0 spiro atoms. The van der Waals surface area contributed by atoms with Crippen molar-refractivity contribution in [1.29, 1.82) is 0 Å². The van der Waals surface area contributed by atoms with Gasteiger partial charge in [-0.3, -0.25) is 4.79 Å². The fraction of sp³-hybridized carbons (Fsp3) is 0.588. The number of rotatable bonds is 5. The number of nitrogens with one attached hydrogen (secondary N) is 1. The van der Waals surface area contributed by atoms with Crippen molar-refractivity contribution in [2.45, 2.75) is 45.8 Å². The Morgan fingerprint density at radius 1 is 1.24 bits per heavy atom. The van der Waals surface area contributed by atoms with Gasteiger partial charge in [0.25, 0.3) is 0 Å². The van der Waals surface area contributed by atoms with Crippen LogP contribution in [0, 0.1) is 11.8 Å². The van der Waals surface area contributed by atoms with E-state index in [2.05, 4.69) is 19.2 Å². The van der Waals surface area contributed by atoms with Crippen LogP contribution in [0.5, 0.6) is 0 Å². The predicted molar refractivity (Wildman–Crippen MR) is 84.9 cm³/mol. The quantitative estimate of drug-likeness (QED) is 0.876. The number of anilines is 1. The van der Waals surface area contributed by atoms with Crippen molar-refractivity contribution in [3.8, 4) is 0 Å². The van der Waals surface area contributed by atoms with Gasteiger partial charge < -0.3 is 15.8 Å². The van der Waals surface area contributed by atoms with Gasteiger partial charge in [0.2, 0.25) is 5.91 Å². The van der Waals surface area contributed by atoms with Crippen LogP contribution in [0.4, 0.5) is 5.69 Å². The number of benzene rings is 1. The minimum absolute atomic E-state index is 0.0956. The topological polar surface area (TPSA) is 64.3 Å².